The first-order chi connectivity index (χ1) is 8.00. The van der Waals surface area contributed by atoms with Gasteiger partial charge in [-0.3, -0.25) is 4.79 Å². The number of nitrogens with zero attached hydrogens (tertiary/aromatic N) is 2. The lowest BCUT2D eigenvalue weighted by molar-refractivity contribution is -0.137. The largest absolute Gasteiger partial charge is 0.339 e. The number of rotatable bonds is 2. The van der Waals surface area contributed by atoms with E-state index in [4.69, 9.17) is 5.73 Å². The van der Waals surface area contributed by atoms with E-state index in [-0.39, 0.29) is 42.3 Å². The molecule has 2 fully saturated rings. The van der Waals surface area contributed by atoms with Gasteiger partial charge in [-0.15, -0.1) is 12.4 Å². The van der Waals surface area contributed by atoms with Crippen molar-refractivity contribution in [2.75, 3.05) is 26.2 Å². The lowest BCUT2D eigenvalue weighted by atomic mass is 10.0. The number of hydrogen-bond acceptors (Lipinski definition) is 3. The van der Waals surface area contributed by atoms with Crippen LogP contribution in [0.15, 0.2) is 0 Å². The van der Waals surface area contributed by atoms with Crippen LogP contribution in [0.4, 0.5) is 4.79 Å². The van der Waals surface area contributed by atoms with E-state index in [1.165, 1.54) is 0 Å². The predicted octanol–water partition coefficient (Wildman–Crippen LogP) is -0.372. The zero-order valence-electron chi connectivity index (χ0n) is 10.8. The van der Waals surface area contributed by atoms with Crippen LogP contribution < -0.4 is 11.1 Å². The van der Waals surface area contributed by atoms with Crippen molar-refractivity contribution in [2.45, 2.75) is 25.9 Å². The quantitative estimate of drug-likeness (QED) is 0.722. The Morgan fingerprint density at radius 3 is 2.72 bits per heavy atom. The highest BCUT2D eigenvalue weighted by molar-refractivity contribution is 5.85. The van der Waals surface area contributed by atoms with Crippen LogP contribution in [0.2, 0.25) is 0 Å². The number of nitrogens with two attached hydrogens (primary N) is 1. The van der Waals surface area contributed by atoms with E-state index in [2.05, 4.69) is 5.32 Å². The molecule has 0 bridgehead atoms. The summed E-state index contributed by atoms with van der Waals surface area (Å²) < 4.78 is 0. The van der Waals surface area contributed by atoms with Crippen molar-refractivity contribution in [1.82, 2.24) is 15.1 Å². The van der Waals surface area contributed by atoms with Crippen LogP contribution >= 0.6 is 12.4 Å². The molecule has 18 heavy (non-hydrogen) atoms. The first kappa shape index (κ1) is 15.0. The third-order valence-electron chi connectivity index (χ3n) is 3.72. The molecule has 0 saturated carbocycles. The highest BCUT2D eigenvalue weighted by atomic mass is 35.5. The molecule has 3 unspecified atom stereocenters. The van der Waals surface area contributed by atoms with Gasteiger partial charge < -0.3 is 20.9 Å². The molecule has 3 amide bonds. The molecule has 0 aromatic carbocycles. The van der Waals surface area contributed by atoms with E-state index in [1.54, 1.807) is 4.90 Å². The van der Waals surface area contributed by atoms with Gasteiger partial charge in [0.2, 0.25) is 5.91 Å². The molecule has 0 aliphatic carbocycles. The van der Waals surface area contributed by atoms with Gasteiger partial charge in [0.1, 0.15) is 0 Å². The summed E-state index contributed by atoms with van der Waals surface area (Å²) in [5.74, 6) is -0.0642. The smallest absolute Gasteiger partial charge is 0.317 e. The number of carbonyl (C=O) groups is 2. The van der Waals surface area contributed by atoms with Gasteiger partial charge in [-0.05, 0) is 6.92 Å². The third-order valence-corrected chi connectivity index (χ3v) is 3.72. The maximum atomic E-state index is 12.1. The topological polar surface area (TPSA) is 78.7 Å². The number of urea groups is 1. The maximum absolute atomic E-state index is 12.1. The highest BCUT2D eigenvalue weighted by Crippen LogP contribution is 2.16. The zero-order valence-corrected chi connectivity index (χ0v) is 11.6. The summed E-state index contributed by atoms with van der Waals surface area (Å²) in [7, 11) is 0. The fourth-order valence-corrected chi connectivity index (χ4v) is 2.32. The monoisotopic (exact) mass is 276 g/mol. The van der Waals surface area contributed by atoms with E-state index in [1.807, 2.05) is 18.7 Å². The van der Waals surface area contributed by atoms with Crippen molar-refractivity contribution in [3.05, 3.63) is 0 Å². The van der Waals surface area contributed by atoms with Crippen LogP contribution in [0.5, 0.6) is 0 Å². The molecule has 3 atom stereocenters. The Hall–Kier alpha value is -1.01. The van der Waals surface area contributed by atoms with E-state index < -0.39 is 0 Å². The zero-order chi connectivity index (χ0) is 12.6. The Bertz CT molecular complexity index is 337. The number of halogens is 1. The van der Waals surface area contributed by atoms with Crippen molar-refractivity contribution in [1.29, 1.82) is 0 Å². The van der Waals surface area contributed by atoms with E-state index in [0.29, 0.717) is 26.2 Å². The molecule has 0 aromatic rings. The molecule has 2 rings (SSSR count). The molecular formula is C11H21ClN4O2. The second kappa shape index (κ2) is 5.75. The second-order valence-electron chi connectivity index (χ2n) is 4.97. The molecule has 2 aliphatic rings. The summed E-state index contributed by atoms with van der Waals surface area (Å²) in [6, 6.07) is -0.0216. The fraction of sp³-hybridized carbons (Fsp3) is 0.818. The lowest BCUT2D eigenvalue weighted by Crippen LogP contribution is -2.55. The summed E-state index contributed by atoms with van der Waals surface area (Å²) in [4.78, 5) is 27.2. The normalized spacial score (nSPS) is 25.9. The SMILES string of the molecule is CC(N)C(C)C(=O)N1CCN2C(=O)NCC2C1.Cl. The molecule has 0 aromatic heterocycles. The van der Waals surface area contributed by atoms with Crippen molar-refractivity contribution in [2.24, 2.45) is 11.7 Å². The average molecular weight is 277 g/mol. The van der Waals surface area contributed by atoms with Gasteiger partial charge in [0, 0.05) is 32.2 Å². The number of piperazine rings is 1. The van der Waals surface area contributed by atoms with Crippen LogP contribution in [0, 0.1) is 5.92 Å². The Balaban J connectivity index is 0.00000162. The van der Waals surface area contributed by atoms with Gasteiger partial charge in [-0.1, -0.05) is 6.92 Å². The number of carbonyl (C=O) groups excluding carboxylic acids is 2. The molecule has 2 heterocycles. The first-order valence-corrected chi connectivity index (χ1v) is 6.09. The Morgan fingerprint density at radius 2 is 2.11 bits per heavy atom. The van der Waals surface area contributed by atoms with Crippen molar-refractivity contribution in [3.63, 3.8) is 0 Å². The predicted molar refractivity (Wildman–Crippen MR) is 70.5 cm³/mol. The lowest BCUT2D eigenvalue weighted by Gasteiger charge is -2.38. The van der Waals surface area contributed by atoms with E-state index in [9.17, 15) is 9.59 Å². The third kappa shape index (κ3) is 2.70. The molecule has 6 nitrogen and oxygen atoms in total. The van der Waals surface area contributed by atoms with Gasteiger partial charge in [-0.25, -0.2) is 4.79 Å². The van der Waals surface area contributed by atoms with Crippen LogP contribution in [0.25, 0.3) is 0 Å². The number of fused-ring (bicyclic) bond motifs is 1. The number of nitrogens with one attached hydrogen (secondary N) is 1. The molecule has 0 spiro atoms. The van der Waals surface area contributed by atoms with Crippen molar-refractivity contribution < 1.29 is 9.59 Å². The molecule has 104 valence electrons. The van der Waals surface area contributed by atoms with Gasteiger partial charge in [0.15, 0.2) is 0 Å². The van der Waals surface area contributed by atoms with Crippen molar-refractivity contribution >= 4 is 24.3 Å². The average Bonchev–Trinajstić information content (AvgIpc) is 2.68. The Labute approximate surface area is 113 Å². The standard InChI is InChI=1S/C11H20N4O2.ClH/c1-7(8(2)12)10(16)14-3-4-15-9(6-14)5-13-11(15)17;/h7-9H,3-6,12H2,1-2H3,(H,13,17);1H. The molecular weight excluding hydrogens is 256 g/mol. The van der Waals surface area contributed by atoms with Crippen molar-refractivity contribution in [3.8, 4) is 0 Å². The minimum absolute atomic E-state index is 0. The molecule has 7 heteroatoms. The maximum Gasteiger partial charge on any atom is 0.317 e. The Kier molecular flexibility index (Phi) is 4.81. The second-order valence-corrected chi connectivity index (χ2v) is 4.97. The van der Waals surface area contributed by atoms with Crippen LogP contribution in [-0.2, 0) is 4.79 Å². The molecule has 3 N–H and O–H groups in total. The molecule has 2 aliphatic heterocycles. The minimum Gasteiger partial charge on any atom is -0.339 e. The summed E-state index contributed by atoms with van der Waals surface area (Å²) >= 11 is 0. The van der Waals surface area contributed by atoms with Crippen LogP contribution in [-0.4, -0.2) is 60.0 Å². The molecule has 0 radical (unpaired) electrons. The van der Waals surface area contributed by atoms with Crippen LogP contribution in [0.3, 0.4) is 0 Å². The molecule has 2 saturated heterocycles. The summed E-state index contributed by atoms with van der Waals surface area (Å²) in [5, 5.41) is 2.80. The van der Waals surface area contributed by atoms with Crippen LogP contribution in [0.1, 0.15) is 13.8 Å². The summed E-state index contributed by atoms with van der Waals surface area (Å²) in [6.07, 6.45) is 0. The van der Waals surface area contributed by atoms with Gasteiger partial charge >= 0.3 is 6.03 Å². The number of hydrogen-bond donors (Lipinski definition) is 2. The fourth-order valence-electron chi connectivity index (χ4n) is 2.32. The highest BCUT2D eigenvalue weighted by Gasteiger charge is 2.37. The van der Waals surface area contributed by atoms with E-state index >= 15 is 0 Å². The van der Waals surface area contributed by atoms with E-state index in [0.717, 1.165) is 0 Å². The number of amides is 3. The summed E-state index contributed by atoms with van der Waals surface area (Å²) in [5.41, 5.74) is 5.75. The van der Waals surface area contributed by atoms with Gasteiger partial charge in [0.05, 0.1) is 12.0 Å². The Morgan fingerprint density at radius 1 is 1.44 bits per heavy atom. The van der Waals surface area contributed by atoms with Gasteiger partial charge in [-0.2, -0.15) is 0 Å². The first-order valence-electron chi connectivity index (χ1n) is 6.09. The minimum atomic E-state index is -0.161. The summed E-state index contributed by atoms with van der Waals surface area (Å²) in [6.45, 7) is 6.19. The van der Waals surface area contributed by atoms with Gasteiger partial charge in [0.25, 0.3) is 0 Å².